The summed E-state index contributed by atoms with van der Waals surface area (Å²) in [5.41, 5.74) is 1.04. The Balaban J connectivity index is 1.96. The van der Waals surface area contributed by atoms with E-state index < -0.39 is 0 Å². The van der Waals surface area contributed by atoms with Crippen LogP contribution in [-0.2, 0) is 9.53 Å². The smallest absolute Gasteiger partial charge is 0.266 e. The molecule has 7 heteroatoms. The van der Waals surface area contributed by atoms with Gasteiger partial charge in [-0.25, -0.2) is 4.98 Å². The summed E-state index contributed by atoms with van der Waals surface area (Å²) < 4.78 is 12.5. The van der Waals surface area contributed by atoms with Gasteiger partial charge in [-0.1, -0.05) is 31.2 Å². The number of amides is 1. The average molecular weight is 436 g/mol. The Kier molecular flexibility index (Phi) is 6.55. The van der Waals surface area contributed by atoms with Crippen LogP contribution in [0.1, 0.15) is 38.1 Å². The van der Waals surface area contributed by atoms with Crippen molar-refractivity contribution in [3.8, 4) is 11.4 Å². The Bertz CT molecular complexity index is 1170. The lowest BCUT2D eigenvalue weighted by Gasteiger charge is -2.32. The highest BCUT2D eigenvalue weighted by Gasteiger charge is 2.38. The van der Waals surface area contributed by atoms with E-state index in [4.69, 9.17) is 14.5 Å². The number of methoxy groups -OCH3 is 2. The molecular weight excluding hydrogens is 406 g/mol. The maximum atomic E-state index is 13.7. The second-order valence-electron chi connectivity index (χ2n) is 8.02. The average Bonchev–Trinajstić information content (AvgIpc) is 3.67. The van der Waals surface area contributed by atoms with E-state index in [0.717, 1.165) is 12.8 Å². The monoisotopic (exact) mass is 435 g/mol. The molecule has 3 aromatic rings. The summed E-state index contributed by atoms with van der Waals surface area (Å²) in [6.45, 7) is 2.87. The van der Waals surface area contributed by atoms with Crippen molar-refractivity contribution in [2.24, 2.45) is 5.92 Å². The van der Waals surface area contributed by atoms with E-state index in [1.54, 1.807) is 24.9 Å². The first-order valence-electron chi connectivity index (χ1n) is 11.0. The minimum absolute atomic E-state index is 0.0489. The summed E-state index contributed by atoms with van der Waals surface area (Å²) in [6, 6.07) is 14.3. The van der Waals surface area contributed by atoms with Crippen molar-refractivity contribution in [2.75, 3.05) is 27.4 Å². The maximum absolute atomic E-state index is 13.7. The lowest BCUT2D eigenvalue weighted by Crippen LogP contribution is -2.41. The normalized spacial score (nSPS) is 14.3. The minimum atomic E-state index is -0.375. The summed E-state index contributed by atoms with van der Waals surface area (Å²) in [4.78, 5) is 33.7. The molecule has 7 nitrogen and oxygen atoms in total. The Labute approximate surface area is 187 Å². The van der Waals surface area contributed by atoms with Crippen molar-refractivity contribution >= 4 is 16.8 Å². The number of carbonyl (C=O) groups is 1. The predicted molar refractivity (Wildman–Crippen MR) is 123 cm³/mol. The van der Waals surface area contributed by atoms with Crippen molar-refractivity contribution in [1.82, 2.24) is 14.5 Å². The van der Waals surface area contributed by atoms with Gasteiger partial charge in [0.05, 0.1) is 36.3 Å². The van der Waals surface area contributed by atoms with Crippen LogP contribution in [0.4, 0.5) is 0 Å². The first kappa shape index (κ1) is 22.0. The van der Waals surface area contributed by atoms with Gasteiger partial charge in [0.1, 0.15) is 11.6 Å². The Morgan fingerprint density at radius 1 is 1.16 bits per heavy atom. The molecule has 4 rings (SSSR count). The van der Waals surface area contributed by atoms with Crippen molar-refractivity contribution in [2.45, 2.75) is 32.2 Å². The van der Waals surface area contributed by atoms with Gasteiger partial charge in [-0.05, 0) is 43.5 Å². The summed E-state index contributed by atoms with van der Waals surface area (Å²) in [7, 11) is 3.20. The number of para-hydroxylation sites is 3. The summed E-state index contributed by atoms with van der Waals surface area (Å²) >= 11 is 0. The van der Waals surface area contributed by atoms with Crippen LogP contribution in [0.15, 0.2) is 53.3 Å². The number of carbonyl (C=O) groups excluding carboxylic acids is 1. The molecule has 1 unspecified atom stereocenters. The van der Waals surface area contributed by atoms with Crippen LogP contribution in [0, 0.1) is 5.92 Å². The third kappa shape index (κ3) is 4.12. The summed E-state index contributed by atoms with van der Waals surface area (Å²) in [5, 5.41) is 0.522. The molecule has 2 aromatic carbocycles. The highest BCUT2D eigenvalue weighted by atomic mass is 16.5. The van der Waals surface area contributed by atoms with E-state index in [1.807, 2.05) is 54.3 Å². The van der Waals surface area contributed by atoms with Crippen molar-refractivity contribution < 1.29 is 14.3 Å². The van der Waals surface area contributed by atoms with Gasteiger partial charge in [0, 0.05) is 19.6 Å². The van der Waals surface area contributed by atoms with Crippen LogP contribution < -0.4 is 10.3 Å². The number of aromatic nitrogens is 2. The van der Waals surface area contributed by atoms with Gasteiger partial charge in [0.25, 0.3) is 5.56 Å². The van der Waals surface area contributed by atoms with Crippen LogP contribution in [0.2, 0.25) is 0 Å². The maximum Gasteiger partial charge on any atom is 0.266 e. The quantitative estimate of drug-likeness (QED) is 0.512. The molecule has 168 valence electrons. The highest BCUT2D eigenvalue weighted by Crippen LogP contribution is 2.36. The first-order chi connectivity index (χ1) is 15.6. The standard InChI is InChI=1S/C25H29N3O4/c1-4-20(27(15-16-31-2)24(29)17-13-14-17)23-26-19-10-6-5-9-18(19)25(30)28(23)21-11-7-8-12-22(21)32-3/h5-12,17,20H,4,13-16H2,1-3H3. The first-order valence-corrected chi connectivity index (χ1v) is 11.0. The van der Waals surface area contributed by atoms with Gasteiger partial charge in [0.15, 0.2) is 0 Å². The van der Waals surface area contributed by atoms with Crippen molar-refractivity contribution in [3.05, 3.63) is 64.7 Å². The topological polar surface area (TPSA) is 73.7 Å². The van der Waals surface area contributed by atoms with Gasteiger partial charge >= 0.3 is 0 Å². The molecule has 1 heterocycles. The van der Waals surface area contributed by atoms with E-state index in [0.29, 0.717) is 47.7 Å². The minimum Gasteiger partial charge on any atom is -0.495 e. The van der Waals surface area contributed by atoms with Crippen LogP contribution in [-0.4, -0.2) is 47.7 Å². The molecule has 1 fully saturated rings. The molecule has 1 aromatic heterocycles. The van der Waals surface area contributed by atoms with Crippen LogP contribution in [0.3, 0.4) is 0 Å². The zero-order chi connectivity index (χ0) is 22.7. The molecule has 32 heavy (non-hydrogen) atoms. The van der Waals surface area contributed by atoms with Gasteiger partial charge < -0.3 is 14.4 Å². The number of ether oxygens (including phenoxy) is 2. The predicted octanol–water partition coefficient (Wildman–Crippen LogP) is 3.73. The second kappa shape index (κ2) is 9.53. The van der Waals surface area contributed by atoms with Gasteiger partial charge in [-0.15, -0.1) is 0 Å². The summed E-state index contributed by atoms with van der Waals surface area (Å²) in [5.74, 6) is 1.25. The fourth-order valence-electron chi connectivity index (χ4n) is 4.14. The number of rotatable bonds is 9. The molecule has 1 aliphatic rings. The lowest BCUT2D eigenvalue weighted by molar-refractivity contribution is -0.136. The van der Waals surface area contributed by atoms with Gasteiger partial charge in [-0.3, -0.25) is 14.2 Å². The molecule has 1 amide bonds. The molecular formula is C25H29N3O4. The van der Waals surface area contributed by atoms with Crippen molar-refractivity contribution in [1.29, 1.82) is 0 Å². The highest BCUT2D eigenvalue weighted by molar-refractivity contribution is 5.82. The molecule has 0 spiro atoms. The Morgan fingerprint density at radius 3 is 2.56 bits per heavy atom. The van der Waals surface area contributed by atoms with E-state index in [9.17, 15) is 9.59 Å². The molecule has 1 aliphatic carbocycles. The summed E-state index contributed by atoms with van der Waals surface area (Å²) in [6.07, 6.45) is 2.43. The van der Waals surface area contributed by atoms with Gasteiger partial charge in [-0.2, -0.15) is 0 Å². The molecule has 0 N–H and O–H groups in total. The third-order valence-electron chi connectivity index (χ3n) is 5.93. The zero-order valence-corrected chi connectivity index (χ0v) is 18.8. The molecule has 1 atom stereocenters. The number of benzene rings is 2. The van der Waals surface area contributed by atoms with Gasteiger partial charge in [0.2, 0.25) is 5.91 Å². The van der Waals surface area contributed by atoms with Crippen molar-refractivity contribution in [3.63, 3.8) is 0 Å². The number of hydrogen-bond acceptors (Lipinski definition) is 5. The SMILES string of the molecule is CCC(c1nc2ccccc2c(=O)n1-c1ccccc1OC)N(CCOC)C(=O)C1CC1. The molecule has 0 radical (unpaired) electrons. The Morgan fingerprint density at radius 2 is 1.88 bits per heavy atom. The van der Waals surface area contributed by atoms with E-state index in [2.05, 4.69) is 0 Å². The van der Waals surface area contributed by atoms with Crippen LogP contribution in [0.5, 0.6) is 5.75 Å². The van der Waals surface area contributed by atoms with E-state index in [1.165, 1.54) is 0 Å². The number of fused-ring (bicyclic) bond motifs is 1. The fourth-order valence-corrected chi connectivity index (χ4v) is 4.14. The lowest BCUT2D eigenvalue weighted by atomic mass is 10.1. The molecule has 0 aliphatic heterocycles. The number of nitrogens with zero attached hydrogens (tertiary/aromatic N) is 3. The Hall–Kier alpha value is -3.19. The second-order valence-corrected chi connectivity index (χ2v) is 8.02. The largest absolute Gasteiger partial charge is 0.495 e. The van der Waals surface area contributed by atoms with Crippen LogP contribution >= 0.6 is 0 Å². The third-order valence-corrected chi connectivity index (χ3v) is 5.93. The number of hydrogen-bond donors (Lipinski definition) is 0. The molecule has 0 saturated heterocycles. The fraction of sp³-hybridized carbons (Fsp3) is 0.400. The van der Waals surface area contributed by atoms with E-state index >= 15 is 0 Å². The molecule has 1 saturated carbocycles. The van der Waals surface area contributed by atoms with E-state index in [-0.39, 0.29) is 23.4 Å². The zero-order valence-electron chi connectivity index (χ0n) is 18.8. The van der Waals surface area contributed by atoms with Crippen LogP contribution in [0.25, 0.3) is 16.6 Å². The molecule has 0 bridgehead atoms.